The molecule has 0 aliphatic rings. The number of aromatic nitrogens is 5. The van der Waals surface area contributed by atoms with E-state index in [1.54, 1.807) is 24.0 Å². The van der Waals surface area contributed by atoms with Gasteiger partial charge in [0.15, 0.2) is 0 Å². The summed E-state index contributed by atoms with van der Waals surface area (Å²) in [7, 11) is 2.16. The Morgan fingerprint density at radius 2 is 1.83 bits per heavy atom. The molecule has 24 heavy (non-hydrogen) atoms. The summed E-state index contributed by atoms with van der Waals surface area (Å²) in [5.74, 6) is 0. The third-order valence-corrected chi connectivity index (χ3v) is 5.46. The third kappa shape index (κ3) is 3.01. The monoisotopic (exact) mass is 344 g/mol. The van der Waals surface area contributed by atoms with Crippen LogP contribution in [0.2, 0.25) is 0 Å². The van der Waals surface area contributed by atoms with Gasteiger partial charge >= 0.3 is 0 Å². The van der Waals surface area contributed by atoms with Crippen molar-refractivity contribution in [3.05, 3.63) is 51.3 Å². The molecule has 128 valence electrons. The van der Waals surface area contributed by atoms with Gasteiger partial charge in [0, 0.05) is 22.8 Å². The van der Waals surface area contributed by atoms with E-state index in [-0.39, 0.29) is 6.04 Å². The van der Waals surface area contributed by atoms with Crippen LogP contribution in [0.4, 0.5) is 0 Å². The molecule has 3 aromatic heterocycles. The first-order chi connectivity index (χ1) is 11.4. The summed E-state index contributed by atoms with van der Waals surface area (Å²) in [6, 6.07) is 2.52. The first-order valence-electron chi connectivity index (χ1n) is 8.05. The largest absolute Gasteiger partial charge is 0.294 e. The van der Waals surface area contributed by atoms with Crippen LogP contribution in [0, 0.1) is 27.7 Å². The highest BCUT2D eigenvalue weighted by atomic mass is 32.1. The highest BCUT2D eigenvalue weighted by Gasteiger charge is 2.20. The molecule has 0 aliphatic heterocycles. The standard InChI is InChI=1S/C17H24N6S/c1-11-7-16(12(2)23(11)22-9-18-19-10-22)8-21(6)13(3)17-14(4)24-15(5)20-17/h7,9-10,13H,8H2,1-6H3/t13-/m1/s1. The van der Waals surface area contributed by atoms with Gasteiger partial charge in [0.2, 0.25) is 0 Å². The van der Waals surface area contributed by atoms with Crippen molar-refractivity contribution in [2.45, 2.75) is 47.2 Å². The second-order valence-corrected chi connectivity index (χ2v) is 7.72. The Bertz CT molecular complexity index is 830. The van der Waals surface area contributed by atoms with Crippen LogP contribution < -0.4 is 0 Å². The van der Waals surface area contributed by atoms with Crippen molar-refractivity contribution in [3.8, 4) is 0 Å². The number of rotatable bonds is 5. The van der Waals surface area contributed by atoms with Gasteiger partial charge in [-0.25, -0.2) is 9.66 Å². The molecule has 0 aliphatic carbocycles. The molecule has 0 saturated carbocycles. The molecule has 0 fully saturated rings. The lowest BCUT2D eigenvalue weighted by Crippen LogP contribution is -2.23. The number of thiazole rings is 1. The van der Waals surface area contributed by atoms with E-state index in [0.29, 0.717) is 0 Å². The predicted molar refractivity (Wildman–Crippen MR) is 96.2 cm³/mol. The number of hydrogen-bond donors (Lipinski definition) is 0. The lowest BCUT2D eigenvalue weighted by molar-refractivity contribution is 0.248. The van der Waals surface area contributed by atoms with Crippen LogP contribution in [0.25, 0.3) is 0 Å². The molecule has 0 saturated heterocycles. The lowest BCUT2D eigenvalue weighted by Gasteiger charge is -2.24. The van der Waals surface area contributed by atoms with E-state index in [4.69, 9.17) is 4.98 Å². The van der Waals surface area contributed by atoms with Crippen LogP contribution in [0.5, 0.6) is 0 Å². The smallest absolute Gasteiger partial charge is 0.139 e. The second kappa shape index (κ2) is 6.49. The normalized spacial score (nSPS) is 13.0. The van der Waals surface area contributed by atoms with Crippen molar-refractivity contribution in [1.29, 1.82) is 0 Å². The van der Waals surface area contributed by atoms with Crippen molar-refractivity contribution in [2.24, 2.45) is 0 Å². The van der Waals surface area contributed by atoms with Crippen molar-refractivity contribution in [3.63, 3.8) is 0 Å². The second-order valence-electron chi connectivity index (χ2n) is 6.32. The van der Waals surface area contributed by atoms with E-state index in [1.165, 1.54) is 27.5 Å². The fraction of sp³-hybridized carbons (Fsp3) is 0.471. The zero-order valence-electron chi connectivity index (χ0n) is 15.1. The van der Waals surface area contributed by atoms with E-state index in [1.807, 2.05) is 4.68 Å². The minimum Gasteiger partial charge on any atom is -0.294 e. The van der Waals surface area contributed by atoms with Crippen LogP contribution >= 0.6 is 11.3 Å². The molecule has 3 aromatic rings. The van der Waals surface area contributed by atoms with Gasteiger partial charge < -0.3 is 0 Å². The Labute approximate surface area is 146 Å². The van der Waals surface area contributed by atoms with Crippen LogP contribution in [0.1, 0.15) is 45.5 Å². The van der Waals surface area contributed by atoms with Crippen molar-refractivity contribution >= 4 is 11.3 Å². The summed E-state index contributed by atoms with van der Waals surface area (Å²) in [6.45, 7) is 11.6. The van der Waals surface area contributed by atoms with Gasteiger partial charge in [-0.3, -0.25) is 9.58 Å². The van der Waals surface area contributed by atoms with E-state index in [9.17, 15) is 0 Å². The maximum Gasteiger partial charge on any atom is 0.139 e. The third-order valence-electron chi connectivity index (χ3n) is 4.55. The highest BCUT2D eigenvalue weighted by molar-refractivity contribution is 7.11. The summed E-state index contributed by atoms with van der Waals surface area (Å²) in [4.78, 5) is 8.36. The average Bonchev–Trinajstić information content (AvgIpc) is 3.20. The molecule has 3 rings (SSSR count). The maximum absolute atomic E-state index is 4.71. The van der Waals surface area contributed by atoms with Gasteiger partial charge in [-0.2, -0.15) is 0 Å². The summed E-state index contributed by atoms with van der Waals surface area (Å²) in [5.41, 5.74) is 4.87. The van der Waals surface area contributed by atoms with Gasteiger partial charge in [0.25, 0.3) is 0 Å². The molecule has 0 N–H and O–H groups in total. The fourth-order valence-corrected chi connectivity index (χ4v) is 4.09. The Morgan fingerprint density at radius 1 is 1.17 bits per heavy atom. The van der Waals surface area contributed by atoms with E-state index >= 15 is 0 Å². The Balaban J connectivity index is 1.83. The summed E-state index contributed by atoms with van der Waals surface area (Å²) in [6.07, 6.45) is 3.44. The lowest BCUT2D eigenvalue weighted by atomic mass is 10.1. The quantitative estimate of drug-likeness (QED) is 0.713. The molecule has 0 unspecified atom stereocenters. The molecule has 7 heteroatoms. The SMILES string of the molecule is Cc1nc([C@@H](C)N(C)Cc2cc(C)n(-n3cnnc3)c2C)c(C)s1. The molecule has 0 spiro atoms. The van der Waals surface area contributed by atoms with Crippen LogP contribution in [0.15, 0.2) is 18.7 Å². The average molecular weight is 344 g/mol. The molecule has 1 atom stereocenters. The molecule has 0 radical (unpaired) electrons. The fourth-order valence-electron chi connectivity index (χ4n) is 3.18. The first kappa shape index (κ1) is 16.9. The Kier molecular flexibility index (Phi) is 4.56. The van der Waals surface area contributed by atoms with Crippen molar-refractivity contribution < 1.29 is 0 Å². The molecule has 6 nitrogen and oxygen atoms in total. The summed E-state index contributed by atoms with van der Waals surface area (Å²) in [5, 5.41) is 8.94. The van der Waals surface area contributed by atoms with Gasteiger partial charge in [0.05, 0.1) is 16.7 Å². The topological polar surface area (TPSA) is 51.8 Å². The zero-order valence-corrected chi connectivity index (χ0v) is 15.9. The van der Waals surface area contributed by atoms with Gasteiger partial charge in [-0.05, 0) is 53.3 Å². The van der Waals surface area contributed by atoms with E-state index in [0.717, 1.165) is 11.6 Å². The number of aryl methyl sites for hydroxylation is 3. The van der Waals surface area contributed by atoms with Gasteiger partial charge in [-0.15, -0.1) is 21.5 Å². The summed E-state index contributed by atoms with van der Waals surface area (Å²) < 4.78 is 4.04. The van der Waals surface area contributed by atoms with E-state index in [2.05, 4.69) is 67.5 Å². The minimum atomic E-state index is 0.285. The predicted octanol–water partition coefficient (Wildman–Crippen LogP) is 3.27. The molecule has 0 amide bonds. The first-order valence-corrected chi connectivity index (χ1v) is 8.87. The van der Waals surface area contributed by atoms with Crippen LogP contribution in [0.3, 0.4) is 0 Å². The van der Waals surface area contributed by atoms with Crippen molar-refractivity contribution in [1.82, 2.24) is 29.4 Å². The maximum atomic E-state index is 4.71. The molecule has 0 bridgehead atoms. The Morgan fingerprint density at radius 3 is 2.42 bits per heavy atom. The summed E-state index contributed by atoms with van der Waals surface area (Å²) >= 11 is 1.77. The number of nitrogens with zero attached hydrogens (tertiary/aromatic N) is 6. The van der Waals surface area contributed by atoms with Crippen LogP contribution in [-0.2, 0) is 6.54 Å². The minimum absolute atomic E-state index is 0.285. The molecular formula is C17H24N6S. The molecule has 3 heterocycles. The van der Waals surface area contributed by atoms with Gasteiger partial charge in [-0.1, -0.05) is 0 Å². The highest BCUT2D eigenvalue weighted by Crippen LogP contribution is 2.28. The molecule has 0 aromatic carbocycles. The van der Waals surface area contributed by atoms with Gasteiger partial charge in [0.1, 0.15) is 12.7 Å². The zero-order chi connectivity index (χ0) is 17.4. The number of hydrogen-bond acceptors (Lipinski definition) is 5. The molecular weight excluding hydrogens is 320 g/mol. The van der Waals surface area contributed by atoms with Crippen LogP contribution in [-0.4, -0.2) is 36.5 Å². The van der Waals surface area contributed by atoms with E-state index < -0.39 is 0 Å². The Hall–Kier alpha value is -1.99. The van der Waals surface area contributed by atoms with Crippen molar-refractivity contribution in [2.75, 3.05) is 7.05 Å².